The lowest BCUT2D eigenvalue weighted by molar-refractivity contribution is -0.180. The van der Waals surface area contributed by atoms with E-state index in [-0.39, 0.29) is 11.3 Å². The molecule has 1 rings (SSSR count). The van der Waals surface area contributed by atoms with Crippen LogP contribution in [0.3, 0.4) is 0 Å². The molecule has 1 fully saturated rings. The lowest BCUT2D eigenvalue weighted by Gasteiger charge is -2.32. The molecule has 0 aliphatic heterocycles. The molecule has 0 aromatic heterocycles. The van der Waals surface area contributed by atoms with Crippen LogP contribution in [0.4, 0.5) is 0 Å². The summed E-state index contributed by atoms with van der Waals surface area (Å²) in [7, 11) is 5.73. The molecule has 0 spiro atoms. The summed E-state index contributed by atoms with van der Waals surface area (Å²) in [5, 5.41) is 1.91. The maximum Gasteiger partial charge on any atom is 0.251 e. The molecule has 134 valence electrons. The zero-order valence-electron chi connectivity index (χ0n) is 16.2. The smallest absolute Gasteiger partial charge is 0.251 e. The highest BCUT2D eigenvalue weighted by molar-refractivity contribution is 6.14. The van der Waals surface area contributed by atoms with Gasteiger partial charge in [0.1, 0.15) is 7.85 Å². The number of hydrogen-bond donors (Lipinski definition) is 0. The molecule has 3 nitrogen and oxygen atoms in total. The molecule has 0 radical (unpaired) electrons. The van der Waals surface area contributed by atoms with E-state index in [2.05, 4.69) is 21.7 Å². The molecule has 0 aromatic carbocycles. The van der Waals surface area contributed by atoms with E-state index in [0.717, 1.165) is 25.7 Å². The van der Waals surface area contributed by atoms with Crippen molar-refractivity contribution in [1.82, 2.24) is 5.06 Å². The topological polar surface area (TPSA) is 29.5 Å². The van der Waals surface area contributed by atoms with Gasteiger partial charge < -0.3 is 0 Å². The van der Waals surface area contributed by atoms with Crippen LogP contribution in [0, 0.1) is 5.41 Å². The van der Waals surface area contributed by atoms with Crippen LogP contribution in [-0.2, 0) is 9.63 Å². The van der Waals surface area contributed by atoms with Gasteiger partial charge in [0.2, 0.25) is 0 Å². The standard InChI is InChI=1S/C19H38BNO2/c1-18(17(22)21(3)23-4)13-9-6-5-7-11-15-19(2,20)16-12-8-10-14-18/h5-16,20H2,1-4H3/t18-,19?/m0/s1. The van der Waals surface area contributed by atoms with E-state index < -0.39 is 0 Å². The first-order chi connectivity index (χ1) is 10.8. The quantitative estimate of drug-likeness (QED) is 0.552. The zero-order chi connectivity index (χ0) is 17.3. The molecule has 0 aromatic rings. The Kier molecular flexibility index (Phi) is 8.67. The van der Waals surface area contributed by atoms with Gasteiger partial charge in [0.05, 0.1) is 7.11 Å². The number of rotatable bonds is 2. The fourth-order valence-corrected chi connectivity index (χ4v) is 3.87. The average Bonchev–Trinajstić information content (AvgIpc) is 2.51. The summed E-state index contributed by atoms with van der Waals surface area (Å²) < 4.78 is 0. The summed E-state index contributed by atoms with van der Waals surface area (Å²) in [4.78, 5) is 17.8. The zero-order valence-corrected chi connectivity index (χ0v) is 16.2. The maximum atomic E-state index is 12.7. The second kappa shape index (κ2) is 9.71. The Morgan fingerprint density at radius 2 is 1.26 bits per heavy atom. The minimum Gasteiger partial charge on any atom is -0.275 e. The van der Waals surface area contributed by atoms with Gasteiger partial charge in [-0.05, 0) is 12.8 Å². The number of nitrogens with zero attached hydrogens (tertiary/aromatic N) is 1. The molecule has 0 heterocycles. The van der Waals surface area contributed by atoms with Crippen molar-refractivity contribution in [2.75, 3.05) is 14.2 Å². The molecule has 0 saturated heterocycles. The van der Waals surface area contributed by atoms with Crippen molar-refractivity contribution >= 4 is 13.8 Å². The van der Waals surface area contributed by atoms with E-state index in [4.69, 9.17) is 4.84 Å². The van der Waals surface area contributed by atoms with E-state index >= 15 is 0 Å². The monoisotopic (exact) mass is 323 g/mol. The van der Waals surface area contributed by atoms with Crippen molar-refractivity contribution in [3.8, 4) is 0 Å². The van der Waals surface area contributed by atoms with Gasteiger partial charge in [-0.25, -0.2) is 5.06 Å². The third kappa shape index (κ3) is 7.28. The first-order valence-corrected chi connectivity index (χ1v) is 9.63. The number of hydrogen-bond acceptors (Lipinski definition) is 2. The molecule has 0 bridgehead atoms. The number of hydroxylamine groups is 2. The van der Waals surface area contributed by atoms with Gasteiger partial charge >= 0.3 is 0 Å². The third-order valence-electron chi connectivity index (χ3n) is 5.74. The second-order valence-corrected chi connectivity index (χ2v) is 8.54. The van der Waals surface area contributed by atoms with Crippen molar-refractivity contribution in [2.24, 2.45) is 5.41 Å². The largest absolute Gasteiger partial charge is 0.275 e. The van der Waals surface area contributed by atoms with Crippen molar-refractivity contribution in [1.29, 1.82) is 0 Å². The predicted molar refractivity (Wildman–Crippen MR) is 100 cm³/mol. The normalized spacial score (nSPS) is 32.0. The minimum absolute atomic E-state index is 0.146. The Balaban J connectivity index is 2.65. The molecule has 1 aliphatic carbocycles. The molecule has 23 heavy (non-hydrogen) atoms. The van der Waals surface area contributed by atoms with Crippen molar-refractivity contribution < 1.29 is 9.63 Å². The lowest BCUT2D eigenvalue weighted by atomic mass is 9.64. The summed E-state index contributed by atoms with van der Waals surface area (Å²) in [6, 6.07) is 0. The first-order valence-electron chi connectivity index (χ1n) is 9.63. The number of carbonyl (C=O) groups is 1. The van der Waals surface area contributed by atoms with E-state index in [0.29, 0.717) is 5.31 Å². The van der Waals surface area contributed by atoms with Crippen LogP contribution in [0.5, 0.6) is 0 Å². The molecular weight excluding hydrogens is 285 g/mol. The van der Waals surface area contributed by atoms with E-state index in [1.165, 1.54) is 56.4 Å². The fourth-order valence-electron chi connectivity index (χ4n) is 3.87. The molecule has 1 saturated carbocycles. The van der Waals surface area contributed by atoms with E-state index in [1.54, 1.807) is 14.2 Å². The molecule has 2 atom stereocenters. The van der Waals surface area contributed by atoms with Crippen LogP contribution < -0.4 is 0 Å². The highest BCUT2D eigenvalue weighted by Crippen LogP contribution is 2.37. The fraction of sp³-hybridized carbons (Fsp3) is 0.947. The molecular formula is C19H38BNO2. The minimum atomic E-state index is -0.260. The maximum absolute atomic E-state index is 12.7. The van der Waals surface area contributed by atoms with Gasteiger partial charge in [-0.2, -0.15) is 0 Å². The Bertz CT molecular complexity index is 359. The third-order valence-corrected chi connectivity index (χ3v) is 5.74. The summed E-state index contributed by atoms with van der Waals surface area (Å²) in [6.07, 6.45) is 14.7. The SMILES string of the molecule is BC1(C)CCCCCCC[C@](C)(C(=O)N(C)OC)CCCCC1. The Morgan fingerprint density at radius 3 is 1.74 bits per heavy atom. The van der Waals surface area contributed by atoms with Crippen LogP contribution in [0.1, 0.15) is 90.9 Å². The highest BCUT2D eigenvalue weighted by atomic mass is 16.7. The summed E-state index contributed by atoms with van der Waals surface area (Å²) in [5.41, 5.74) is -0.260. The average molecular weight is 323 g/mol. The Labute approximate surface area is 144 Å². The first kappa shape index (κ1) is 20.5. The summed E-state index contributed by atoms with van der Waals surface area (Å²) >= 11 is 0. The molecule has 0 N–H and O–H groups in total. The van der Waals surface area contributed by atoms with Gasteiger partial charge in [-0.1, -0.05) is 83.4 Å². The van der Waals surface area contributed by atoms with Gasteiger partial charge in [0.25, 0.3) is 5.91 Å². The van der Waals surface area contributed by atoms with E-state index in [1.807, 2.05) is 0 Å². The summed E-state index contributed by atoms with van der Waals surface area (Å²) in [6.45, 7) is 4.56. The van der Waals surface area contributed by atoms with Gasteiger partial charge in [-0.3, -0.25) is 9.63 Å². The molecule has 4 heteroatoms. The van der Waals surface area contributed by atoms with Crippen LogP contribution in [-0.4, -0.2) is 33.0 Å². The Hall–Kier alpha value is -0.505. The van der Waals surface area contributed by atoms with Crippen LogP contribution in [0.15, 0.2) is 0 Å². The Morgan fingerprint density at radius 1 is 0.870 bits per heavy atom. The van der Waals surface area contributed by atoms with Crippen LogP contribution >= 0.6 is 0 Å². The number of amides is 1. The second-order valence-electron chi connectivity index (χ2n) is 8.54. The lowest BCUT2D eigenvalue weighted by Crippen LogP contribution is -2.39. The number of carbonyl (C=O) groups excluding carboxylic acids is 1. The van der Waals surface area contributed by atoms with Gasteiger partial charge in [0, 0.05) is 12.5 Å². The van der Waals surface area contributed by atoms with Crippen LogP contribution in [0.2, 0.25) is 5.31 Å². The predicted octanol–water partition coefficient (Wildman–Crippen LogP) is 4.52. The summed E-state index contributed by atoms with van der Waals surface area (Å²) in [5.74, 6) is 0.146. The van der Waals surface area contributed by atoms with Crippen LogP contribution in [0.25, 0.3) is 0 Å². The van der Waals surface area contributed by atoms with Crippen molar-refractivity contribution in [2.45, 2.75) is 96.2 Å². The molecule has 1 aliphatic rings. The molecule has 1 unspecified atom stereocenters. The molecule has 1 amide bonds. The van der Waals surface area contributed by atoms with Gasteiger partial charge in [0.15, 0.2) is 0 Å². The van der Waals surface area contributed by atoms with E-state index in [9.17, 15) is 4.79 Å². The highest BCUT2D eigenvalue weighted by Gasteiger charge is 2.34. The van der Waals surface area contributed by atoms with Crippen molar-refractivity contribution in [3.63, 3.8) is 0 Å². The van der Waals surface area contributed by atoms with Crippen molar-refractivity contribution in [3.05, 3.63) is 0 Å². The van der Waals surface area contributed by atoms with Gasteiger partial charge in [-0.15, -0.1) is 0 Å².